The number of aryl methyl sites for hydroxylation is 1. The minimum absolute atomic E-state index is 0.444. The zero-order valence-corrected chi connectivity index (χ0v) is 34.1. The molecule has 0 unspecified atom stereocenters. The van der Waals surface area contributed by atoms with E-state index in [0.717, 1.165) is 73.9 Å². The summed E-state index contributed by atoms with van der Waals surface area (Å²) in [7, 11) is 0. The molecule has 0 saturated heterocycles. The summed E-state index contributed by atoms with van der Waals surface area (Å²) in [5, 5.41) is 1.84. The number of fused-ring (bicyclic) bond motifs is 3. The van der Waals surface area contributed by atoms with Crippen molar-refractivity contribution < 1.29 is 26.3 Å². The number of aromatic nitrogens is 3. The Balaban J connectivity index is 1.32. The number of hydrogen-bond acceptors (Lipinski definition) is 2. The van der Waals surface area contributed by atoms with Gasteiger partial charge >= 0.3 is 12.4 Å². The van der Waals surface area contributed by atoms with Gasteiger partial charge in [0.25, 0.3) is 0 Å². The van der Waals surface area contributed by atoms with E-state index in [0.29, 0.717) is 50.7 Å². The highest BCUT2D eigenvalue weighted by Gasteiger charge is 2.32. The highest BCUT2D eigenvalue weighted by atomic mass is 19.4. The van der Waals surface area contributed by atoms with Gasteiger partial charge in [0.2, 0.25) is 0 Å². The second-order valence-electron chi connectivity index (χ2n) is 15.7. The molecule has 64 heavy (non-hydrogen) atoms. The number of alkyl halides is 6. The Kier molecular flexibility index (Phi) is 9.98. The van der Waals surface area contributed by atoms with Gasteiger partial charge in [-0.25, -0.2) is 9.97 Å². The second kappa shape index (κ2) is 15.8. The lowest BCUT2D eigenvalue weighted by molar-refractivity contribution is -0.138. The monoisotopic (exact) mass is 851 g/mol. The van der Waals surface area contributed by atoms with Crippen LogP contribution in [0.5, 0.6) is 0 Å². The van der Waals surface area contributed by atoms with Gasteiger partial charge < -0.3 is 4.57 Å². The van der Waals surface area contributed by atoms with Crippen LogP contribution in [0.1, 0.15) is 16.7 Å². The zero-order chi connectivity index (χ0) is 44.2. The molecule has 0 spiro atoms. The van der Waals surface area contributed by atoms with Gasteiger partial charge in [-0.15, -0.1) is 0 Å². The molecule has 0 N–H and O–H groups in total. The molecular formula is C55H35F6N3. The fraction of sp³-hybridized carbons (Fsp3) is 0.0545. The van der Waals surface area contributed by atoms with E-state index in [1.54, 1.807) is 0 Å². The van der Waals surface area contributed by atoms with Gasteiger partial charge in [-0.3, -0.25) is 0 Å². The van der Waals surface area contributed by atoms with Crippen molar-refractivity contribution in [2.45, 2.75) is 19.3 Å². The predicted molar refractivity (Wildman–Crippen MR) is 244 cm³/mol. The summed E-state index contributed by atoms with van der Waals surface area (Å²) in [5.41, 5.74) is 9.01. The van der Waals surface area contributed by atoms with Gasteiger partial charge in [0.1, 0.15) is 0 Å². The van der Waals surface area contributed by atoms with E-state index in [1.807, 2.05) is 127 Å². The van der Waals surface area contributed by atoms with Crippen LogP contribution in [0, 0.1) is 6.92 Å². The summed E-state index contributed by atoms with van der Waals surface area (Å²) in [6, 6.07) is 56.9. The summed E-state index contributed by atoms with van der Waals surface area (Å²) >= 11 is 0. The Bertz CT molecular complexity index is 3200. The van der Waals surface area contributed by atoms with Crippen molar-refractivity contribution in [2.24, 2.45) is 0 Å². The minimum Gasteiger partial charge on any atom is -0.308 e. The zero-order valence-electron chi connectivity index (χ0n) is 34.1. The Morgan fingerprint density at radius 3 is 1.44 bits per heavy atom. The van der Waals surface area contributed by atoms with Gasteiger partial charge in [0, 0.05) is 38.6 Å². The average molecular weight is 852 g/mol. The van der Waals surface area contributed by atoms with Gasteiger partial charge in [-0.2, -0.15) is 26.3 Å². The van der Waals surface area contributed by atoms with Crippen LogP contribution in [0.2, 0.25) is 0 Å². The fourth-order valence-corrected chi connectivity index (χ4v) is 8.49. The number of hydrogen-bond donors (Lipinski definition) is 0. The van der Waals surface area contributed by atoms with Crippen LogP contribution in [0.3, 0.4) is 0 Å². The van der Waals surface area contributed by atoms with Crippen molar-refractivity contribution in [3.63, 3.8) is 0 Å². The van der Waals surface area contributed by atoms with E-state index in [4.69, 9.17) is 9.97 Å². The molecule has 10 aromatic rings. The fourth-order valence-electron chi connectivity index (χ4n) is 8.49. The molecule has 0 aliphatic heterocycles. The van der Waals surface area contributed by atoms with E-state index >= 15 is 0 Å². The van der Waals surface area contributed by atoms with Gasteiger partial charge in [-0.05, 0) is 95.4 Å². The lowest BCUT2D eigenvalue weighted by Crippen LogP contribution is -2.06. The molecule has 312 valence electrons. The third-order valence-electron chi connectivity index (χ3n) is 11.6. The smallest absolute Gasteiger partial charge is 0.308 e. The first kappa shape index (κ1) is 40.3. The number of benzene rings is 8. The maximum absolute atomic E-state index is 14.1. The van der Waals surface area contributed by atoms with Crippen LogP contribution < -0.4 is 0 Å². The molecule has 0 fully saturated rings. The van der Waals surface area contributed by atoms with E-state index in [2.05, 4.69) is 29.7 Å². The summed E-state index contributed by atoms with van der Waals surface area (Å²) < 4.78 is 86.7. The van der Waals surface area contributed by atoms with Crippen molar-refractivity contribution in [1.82, 2.24) is 14.5 Å². The first-order valence-electron chi connectivity index (χ1n) is 20.5. The van der Waals surface area contributed by atoms with Gasteiger partial charge in [-0.1, -0.05) is 133 Å². The van der Waals surface area contributed by atoms with Crippen LogP contribution in [0.15, 0.2) is 194 Å². The van der Waals surface area contributed by atoms with E-state index in [-0.39, 0.29) is 0 Å². The molecule has 2 aromatic heterocycles. The molecule has 8 aromatic carbocycles. The lowest BCUT2D eigenvalue weighted by Gasteiger charge is -2.22. The SMILES string of the molecule is Cc1ccccc1-c1ccc2c(c1)c1ccccc1n2-c1c(-c2ccc(C(F)(F)F)cc2)cc(-c2cc(-c3ccccc3)nc(-c3ccccc3)n2)cc1-c1ccc(C(F)(F)F)cc1. The van der Waals surface area contributed by atoms with Crippen LogP contribution in [0.4, 0.5) is 26.3 Å². The number of para-hydroxylation sites is 1. The first-order chi connectivity index (χ1) is 30.9. The van der Waals surface area contributed by atoms with E-state index < -0.39 is 23.5 Å². The van der Waals surface area contributed by atoms with E-state index in [9.17, 15) is 26.3 Å². The average Bonchev–Trinajstić information content (AvgIpc) is 3.64. The van der Waals surface area contributed by atoms with Crippen molar-refractivity contribution in [3.05, 3.63) is 211 Å². The summed E-state index contributed by atoms with van der Waals surface area (Å²) in [6.45, 7) is 2.06. The molecule has 0 aliphatic rings. The first-order valence-corrected chi connectivity index (χ1v) is 20.5. The van der Waals surface area contributed by atoms with Crippen molar-refractivity contribution in [3.8, 4) is 73.0 Å². The summed E-state index contributed by atoms with van der Waals surface area (Å²) in [4.78, 5) is 10.0. The quantitative estimate of drug-likeness (QED) is 0.150. The predicted octanol–water partition coefficient (Wildman–Crippen LogP) is 15.9. The molecule has 0 amide bonds. The molecule has 0 radical (unpaired) electrons. The Morgan fingerprint density at radius 1 is 0.375 bits per heavy atom. The van der Waals surface area contributed by atoms with E-state index in [1.165, 1.54) is 24.3 Å². The summed E-state index contributed by atoms with van der Waals surface area (Å²) in [6.07, 6.45) is -9.17. The highest BCUT2D eigenvalue weighted by Crippen LogP contribution is 2.46. The van der Waals surface area contributed by atoms with Crippen molar-refractivity contribution in [2.75, 3.05) is 0 Å². The maximum atomic E-state index is 14.1. The molecule has 0 saturated carbocycles. The Morgan fingerprint density at radius 2 is 0.859 bits per heavy atom. The molecule has 9 heteroatoms. The maximum Gasteiger partial charge on any atom is 0.416 e. The third-order valence-corrected chi connectivity index (χ3v) is 11.6. The second-order valence-corrected chi connectivity index (χ2v) is 15.7. The molecule has 0 atom stereocenters. The minimum atomic E-state index is -4.58. The molecule has 3 nitrogen and oxygen atoms in total. The molecule has 2 heterocycles. The molecule has 10 rings (SSSR count). The Labute approximate surface area is 364 Å². The molecule has 0 bridgehead atoms. The standard InChI is InChI=1S/C55H35F6N3/c1-34-12-8-9-17-43(34)39-24-29-51-47(30-39)44-18-10-11-19-50(44)64(51)52-45(35-20-25-41(26-21-35)54(56,57)58)31-40(32-46(52)36-22-27-42(28-23-36)55(59,60)61)49-33-48(37-13-4-2-5-14-37)62-53(63-49)38-15-6-3-7-16-38/h2-33H,1H3. The van der Waals surface area contributed by atoms with Gasteiger partial charge in [0.05, 0.1) is 39.2 Å². The van der Waals surface area contributed by atoms with Crippen LogP contribution in [0.25, 0.3) is 94.8 Å². The highest BCUT2D eigenvalue weighted by molar-refractivity contribution is 6.12. The number of halogens is 6. The van der Waals surface area contributed by atoms with Crippen LogP contribution in [-0.4, -0.2) is 14.5 Å². The normalized spacial score (nSPS) is 12.0. The summed E-state index contributed by atoms with van der Waals surface area (Å²) in [5.74, 6) is 0.444. The number of nitrogens with zero attached hydrogens (tertiary/aromatic N) is 3. The van der Waals surface area contributed by atoms with Gasteiger partial charge in [0.15, 0.2) is 5.82 Å². The number of rotatable bonds is 7. The van der Waals surface area contributed by atoms with Crippen LogP contribution in [-0.2, 0) is 12.4 Å². The van der Waals surface area contributed by atoms with Crippen LogP contribution >= 0.6 is 0 Å². The molecular weight excluding hydrogens is 817 g/mol. The molecule has 0 aliphatic carbocycles. The van der Waals surface area contributed by atoms with Crippen molar-refractivity contribution >= 4 is 21.8 Å². The lowest BCUT2D eigenvalue weighted by atomic mass is 9.90. The largest absolute Gasteiger partial charge is 0.416 e. The Hall–Kier alpha value is -7.78. The van der Waals surface area contributed by atoms with Crippen molar-refractivity contribution in [1.29, 1.82) is 0 Å². The third kappa shape index (κ3) is 7.49. The topological polar surface area (TPSA) is 30.7 Å².